The molecule has 2 rings (SSSR count). The van der Waals surface area contributed by atoms with Crippen molar-refractivity contribution in [3.05, 3.63) is 29.6 Å². The van der Waals surface area contributed by atoms with Crippen LogP contribution in [0.4, 0.5) is 5.69 Å². The molecule has 1 N–H and O–H groups in total. The van der Waals surface area contributed by atoms with Crippen molar-refractivity contribution >= 4 is 36.9 Å². The van der Waals surface area contributed by atoms with Crippen LogP contribution in [0.1, 0.15) is 0 Å². The highest BCUT2D eigenvalue weighted by Gasteiger charge is 2.02. The molecular weight excluding hydrogens is 242 g/mol. The third-order valence-corrected chi connectivity index (χ3v) is 4.10. The molecule has 2 aromatic rings. The van der Waals surface area contributed by atoms with E-state index in [9.17, 15) is 8.42 Å². The highest BCUT2D eigenvalue weighted by Crippen LogP contribution is 2.23. The second-order valence-corrected chi connectivity index (χ2v) is 6.94. The molecule has 1 aromatic carbocycles. The highest BCUT2D eigenvalue weighted by molar-refractivity contribution is 7.90. The first-order valence-corrected chi connectivity index (χ1v) is 7.87. The summed E-state index contributed by atoms with van der Waals surface area (Å²) in [5, 5.41) is 6.34. The molecule has 0 saturated heterocycles. The first kappa shape index (κ1) is 11.4. The van der Waals surface area contributed by atoms with Crippen molar-refractivity contribution in [2.45, 2.75) is 0 Å². The van der Waals surface area contributed by atoms with E-state index in [0.29, 0.717) is 6.54 Å². The molecular formula is C11H13NO2S2. The number of hydrogen-bond donors (Lipinski definition) is 1. The molecule has 3 nitrogen and oxygen atoms in total. The van der Waals surface area contributed by atoms with Crippen LogP contribution in [-0.2, 0) is 9.84 Å². The first-order valence-electron chi connectivity index (χ1n) is 4.93. The summed E-state index contributed by atoms with van der Waals surface area (Å²) in [4.78, 5) is 0. The molecule has 0 aliphatic rings. The molecule has 0 amide bonds. The van der Waals surface area contributed by atoms with Crippen molar-refractivity contribution in [2.24, 2.45) is 0 Å². The lowest BCUT2D eigenvalue weighted by Gasteiger charge is -2.05. The Hall–Kier alpha value is -1.07. The average molecular weight is 255 g/mol. The highest BCUT2D eigenvalue weighted by atomic mass is 32.2. The van der Waals surface area contributed by atoms with E-state index in [4.69, 9.17) is 0 Å². The van der Waals surface area contributed by atoms with E-state index >= 15 is 0 Å². The molecule has 0 spiro atoms. The van der Waals surface area contributed by atoms with Crippen LogP contribution in [0.2, 0.25) is 0 Å². The van der Waals surface area contributed by atoms with Crippen molar-refractivity contribution in [2.75, 3.05) is 23.9 Å². The van der Waals surface area contributed by atoms with Gasteiger partial charge in [-0.15, -0.1) is 11.3 Å². The molecule has 0 atom stereocenters. The number of benzene rings is 1. The van der Waals surface area contributed by atoms with Gasteiger partial charge in [0.05, 0.1) is 5.75 Å². The molecule has 0 radical (unpaired) electrons. The maximum Gasteiger partial charge on any atom is 0.149 e. The zero-order chi connectivity index (χ0) is 11.6. The van der Waals surface area contributed by atoms with Crippen LogP contribution in [0.3, 0.4) is 0 Å². The van der Waals surface area contributed by atoms with Gasteiger partial charge in [0.15, 0.2) is 0 Å². The minimum absolute atomic E-state index is 0.161. The predicted octanol–water partition coefficient (Wildman–Crippen LogP) is 2.36. The van der Waals surface area contributed by atoms with E-state index in [1.165, 1.54) is 16.3 Å². The Labute approximate surface area is 99.0 Å². The van der Waals surface area contributed by atoms with Crippen LogP contribution in [0, 0.1) is 0 Å². The fourth-order valence-electron chi connectivity index (χ4n) is 1.46. The van der Waals surface area contributed by atoms with Crippen molar-refractivity contribution in [3.63, 3.8) is 0 Å². The summed E-state index contributed by atoms with van der Waals surface area (Å²) < 4.78 is 23.2. The van der Waals surface area contributed by atoms with Crippen molar-refractivity contribution in [3.8, 4) is 0 Å². The molecule has 0 bridgehead atoms. The number of hydrogen-bond acceptors (Lipinski definition) is 4. The smallest absolute Gasteiger partial charge is 0.149 e. The van der Waals surface area contributed by atoms with Gasteiger partial charge in [-0.25, -0.2) is 8.42 Å². The average Bonchev–Trinajstić information content (AvgIpc) is 2.62. The Morgan fingerprint density at radius 1 is 1.31 bits per heavy atom. The van der Waals surface area contributed by atoms with E-state index in [0.717, 1.165) is 5.69 Å². The molecule has 0 aliphatic heterocycles. The van der Waals surface area contributed by atoms with Gasteiger partial charge in [-0.05, 0) is 35.0 Å². The van der Waals surface area contributed by atoms with Gasteiger partial charge in [-0.3, -0.25) is 0 Å². The Bertz CT molecular complexity index is 587. The summed E-state index contributed by atoms with van der Waals surface area (Å²) in [7, 11) is -2.89. The van der Waals surface area contributed by atoms with E-state index < -0.39 is 9.84 Å². The molecule has 5 heteroatoms. The SMILES string of the molecule is CS(=O)(=O)CCNc1ccc2sccc2c1. The van der Waals surface area contributed by atoms with Crippen molar-refractivity contribution < 1.29 is 8.42 Å². The molecule has 1 heterocycles. The summed E-state index contributed by atoms with van der Waals surface area (Å²) in [6.45, 7) is 0.453. The van der Waals surface area contributed by atoms with Gasteiger partial charge in [-0.2, -0.15) is 0 Å². The number of rotatable bonds is 4. The summed E-state index contributed by atoms with van der Waals surface area (Å²) in [6.07, 6.45) is 1.25. The number of sulfone groups is 1. The van der Waals surface area contributed by atoms with E-state index in [1.54, 1.807) is 11.3 Å². The molecule has 1 aromatic heterocycles. The van der Waals surface area contributed by atoms with Crippen LogP contribution in [-0.4, -0.2) is 27.0 Å². The van der Waals surface area contributed by atoms with Crippen molar-refractivity contribution in [1.82, 2.24) is 0 Å². The van der Waals surface area contributed by atoms with Crippen molar-refractivity contribution in [1.29, 1.82) is 0 Å². The molecule has 86 valence electrons. The van der Waals surface area contributed by atoms with Gasteiger partial charge in [0.1, 0.15) is 9.84 Å². The van der Waals surface area contributed by atoms with Crippen LogP contribution >= 0.6 is 11.3 Å². The Kier molecular flexibility index (Phi) is 3.16. The van der Waals surface area contributed by atoms with Gasteiger partial charge in [-0.1, -0.05) is 0 Å². The fraction of sp³-hybridized carbons (Fsp3) is 0.273. The molecule has 0 aliphatic carbocycles. The minimum Gasteiger partial charge on any atom is -0.384 e. The zero-order valence-corrected chi connectivity index (χ0v) is 10.6. The molecule has 0 unspecified atom stereocenters. The maximum absolute atomic E-state index is 11.0. The number of fused-ring (bicyclic) bond motifs is 1. The lowest BCUT2D eigenvalue weighted by Crippen LogP contribution is -2.13. The lowest BCUT2D eigenvalue weighted by molar-refractivity contribution is 0.602. The maximum atomic E-state index is 11.0. The Morgan fingerprint density at radius 2 is 2.12 bits per heavy atom. The third-order valence-electron chi connectivity index (χ3n) is 2.25. The van der Waals surface area contributed by atoms with Crippen LogP contribution in [0.5, 0.6) is 0 Å². The normalized spacial score (nSPS) is 11.8. The van der Waals surface area contributed by atoms with Gasteiger partial charge >= 0.3 is 0 Å². The van der Waals surface area contributed by atoms with E-state index in [2.05, 4.69) is 11.4 Å². The summed E-state index contributed by atoms with van der Waals surface area (Å²) in [5.74, 6) is 0.161. The molecule has 16 heavy (non-hydrogen) atoms. The van der Waals surface area contributed by atoms with Gasteiger partial charge in [0.25, 0.3) is 0 Å². The first-order chi connectivity index (χ1) is 7.54. The number of nitrogens with one attached hydrogen (secondary N) is 1. The summed E-state index contributed by atoms with van der Waals surface area (Å²) >= 11 is 1.70. The Morgan fingerprint density at radius 3 is 2.88 bits per heavy atom. The molecule has 0 fully saturated rings. The van der Waals surface area contributed by atoms with E-state index in [1.807, 2.05) is 23.6 Å². The quantitative estimate of drug-likeness (QED) is 0.912. The third kappa shape index (κ3) is 2.96. The minimum atomic E-state index is -2.89. The van der Waals surface area contributed by atoms with Gasteiger partial charge in [0, 0.05) is 23.2 Å². The largest absolute Gasteiger partial charge is 0.384 e. The lowest BCUT2D eigenvalue weighted by atomic mass is 10.2. The monoisotopic (exact) mass is 255 g/mol. The van der Waals surface area contributed by atoms with Crippen LogP contribution in [0.25, 0.3) is 10.1 Å². The second kappa shape index (κ2) is 4.43. The predicted molar refractivity (Wildman–Crippen MR) is 70.0 cm³/mol. The van der Waals surface area contributed by atoms with Crippen LogP contribution < -0.4 is 5.32 Å². The summed E-state index contributed by atoms with van der Waals surface area (Å²) in [6, 6.07) is 8.11. The second-order valence-electron chi connectivity index (χ2n) is 3.73. The number of anilines is 1. The van der Waals surface area contributed by atoms with Gasteiger partial charge in [0.2, 0.25) is 0 Å². The summed E-state index contributed by atoms with van der Waals surface area (Å²) in [5.41, 5.74) is 0.967. The standard InChI is InChI=1S/C11H13NO2S2/c1-16(13,14)7-5-12-10-2-3-11-9(8-10)4-6-15-11/h2-4,6,8,12H,5,7H2,1H3. The van der Waals surface area contributed by atoms with E-state index in [-0.39, 0.29) is 5.75 Å². The van der Waals surface area contributed by atoms with Gasteiger partial charge < -0.3 is 5.32 Å². The Balaban J connectivity index is 2.04. The topological polar surface area (TPSA) is 46.2 Å². The fourth-order valence-corrected chi connectivity index (χ4v) is 2.70. The zero-order valence-electron chi connectivity index (χ0n) is 8.93. The van der Waals surface area contributed by atoms with Crippen LogP contribution in [0.15, 0.2) is 29.6 Å². The molecule has 0 saturated carbocycles. The number of thiophene rings is 1.